The zero-order valence-corrected chi connectivity index (χ0v) is 27.7. The number of anilines is 2. The Morgan fingerprint density at radius 3 is 2.20 bits per heavy atom. The molecule has 13 nitrogen and oxygen atoms in total. The summed E-state index contributed by atoms with van der Waals surface area (Å²) in [5, 5.41) is 18.1. The highest BCUT2D eigenvalue weighted by Gasteiger charge is 2.46. The predicted molar refractivity (Wildman–Crippen MR) is 179 cm³/mol. The zero-order valence-electron chi connectivity index (χ0n) is 27.7. The van der Waals surface area contributed by atoms with E-state index in [2.05, 4.69) is 25.0 Å². The Balaban J connectivity index is 0.924. The van der Waals surface area contributed by atoms with Crippen LogP contribution >= 0.6 is 0 Å². The summed E-state index contributed by atoms with van der Waals surface area (Å²) in [7, 11) is 0. The van der Waals surface area contributed by atoms with Gasteiger partial charge in [-0.2, -0.15) is 10.2 Å². The normalized spacial score (nSPS) is 20.6. The first-order valence-electron chi connectivity index (χ1n) is 16.5. The molecule has 2 saturated heterocycles. The Morgan fingerprint density at radius 1 is 0.920 bits per heavy atom. The van der Waals surface area contributed by atoms with Gasteiger partial charge in [-0.15, -0.1) is 0 Å². The molecule has 4 heterocycles. The summed E-state index contributed by atoms with van der Waals surface area (Å²) in [6.45, 7) is 7.02. The molecule has 0 saturated carbocycles. The van der Waals surface area contributed by atoms with Gasteiger partial charge in [0.1, 0.15) is 55.6 Å². The van der Waals surface area contributed by atoms with Crippen LogP contribution in [0.5, 0.6) is 5.75 Å². The monoisotopic (exact) mass is 688 g/mol. The number of nitrogens with zero attached hydrogens (tertiary/aromatic N) is 8. The van der Waals surface area contributed by atoms with Crippen molar-refractivity contribution in [2.75, 3.05) is 49.2 Å². The largest absolute Gasteiger partial charge is 0.491 e. The minimum atomic E-state index is -1.52. The second-order valence-corrected chi connectivity index (χ2v) is 12.5. The van der Waals surface area contributed by atoms with Crippen LogP contribution in [0.4, 0.5) is 20.2 Å². The van der Waals surface area contributed by atoms with Gasteiger partial charge in [-0.1, -0.05) is 0 Å². The van der Waals surface area contributed by atoms with Crippen LogP contribution in [0.15, 0.2) is 90.5 Å². The summed E-state index contributed by atoms with van der Waals surface area (Å²) >= 11 is 0. The fourth-order valence-electron chi connectivity index (χ4n) is 6.25. The van der Waals surface area contributed by atoms with Crippen molar-refractivity contribution in [3.05, 3.63) is 113 Å². The van der Waals surface area contributed by atoms with Gasteiger partial charge < -0.3 is 29.1 Å². The number of halogens is 2. The van der Waals surface area contributed by atoms with E-state index in [4.69, 9.17) is 14.2 Å². The molecule has 0 bridgehead atoms. The van der Waals surface area contributed by atoms with E-state index in [1.807, 2.05) is 48.5 Å². The summed E-state index contributed by atoms with van der Waals surface area (Å²) in [6, 6.07) is 18.5. The van der Waals surface area contributed by atoms with Crippen LogP contribution in [0.3, 0.4) is 0 Å². The van der Waals surface area contributed by atoms with Gasteiger partial charge in [0.15, 0.2) is 0 Å². The third-order valence-electron chi connectivity index (χ3n) is 9.23. The Bertz CT molecular complexity index is 1940. The molecule has 2 fully saturated rings. The maximum Gasteiger partial charge on any atom is 0.350 e. The highest BCUT2D eigenvalue weighted by Crippen LogP contribution is 2.38. The molecule has 2 aliphatic heterocycles. The summed E-state index contributed by atoms with van der Waals surface area (Å²) < 4.78 is 51.1. The number of aliphatic hydroxyl groups excluding tert-OH is 1. The van der Waals surface area contributed by atoms with Crippen molar-refractivity contribution in [3.8, 4) is 11.4 Å². The minimum absolute atomic E-state index is 0.0259. The lowest BCUT2D eigenvalue weighted by Gasteiger charge is -2.37. The predicted octanol–water partition coefficient (Wildman–Crippen LogP) is 3.52. The zero-order chi connectivity index (χ0) is 34.8. The number of rotatable bonds is 11. The van der Waals surface area contributed by atoms with Crippen LogP contribution in [-0.4, -0.2) is 85.8 Å². The lowest BCUT2D eigenvalue weighted by atomic mass is 10.0. The van der Waals surface area contributed by atoms with E-state index in [9.17, 15) is 18.7 Å². The van der Waals surface area contributed by atoms with E-state index in [0.29, 0.717) is 11.4 Å². The summed E-state index contributed by atoms with van der Waals surface area (Å²) in [5.74, 6) is -2.33. The van der Waals surface area contributed by atoms with Gasteiger partial charge in [0.25, 0.3) is 0 Å². The second kappa shape index (κ2) is 14.0. The Kier molecular flexibility index (Phi) is 9.35. The topological polar surface area (TPSA) is 125 Å². The molecule has 0 amide bonds. The van der Waals surface area contributed by atoms with Crippen molar-refractivity contribution < 1.29 is 28.1 Å². The van der Waals surface area contributed by atoms with Crippen molar-refractivity contribution in [1.29, 1.82) is 0 Å². The van der Waals surface area contributed by atoms with Gasteiger partial charge in [-0.3, -0.25) is 0 Å². The number of hydrogen-bond donors (Lipinski definition) is 1. The van der Waals surface area contributed by atoms with E-state index in [1.54, 1.807) is 13.8 Å². The van der Waals surface area contributed by atoms with Crippen molar-refractivity contribution in [1.82, 2.24) is 29.1 Å². The van der Waals surface area contributed by atoms with E-state index in [1.165, 1.54) is 45.0 Å². The quantitative estimate of drug-likeness (QED) is 0.221. The summed E-state index contributed by atoms with van der Waals surface area (Å²) in [6.07, 6.45) is 3.11. The molecule has 0 aliphatic carbocycles. The van der Waals surface area contributed by atoms with Crippen LogP contribution in [0.25, 0.3) is 5.69 Å². The fraction of sp³-hybridized carbons (Fsp3) is 0.371. The van der Waals surface area contributed by atoms with Gasteiger partial charge >= 0.3 is 5.69 Å². The number of benzene rings is 3. The fourth-order valence-corrected chi connectivity index (χ4v) is 6.25. The lowest BCUT2D eigenvalue weighted by molar-refractivity contribution is -0.192. The SMILES string of the molecule is CC(O)C(C)n1ncn(-c2ccc(N3CCN(c4ccc(OC[C@@H]5CO[C@@](Cn6cncn6)(c6ccc(F)cc6F)O5)cc4)CC3)cc2)c1=O. The molecule has 4 atom stereocenters. The van der Waals surface area contributed by atoms with Crippen molar-refractivity contribution in [2.45, 2.75) is 44.4 Å². The molecule has 5 aromatic rings. The first-order chi connectivity index (χ1) is 24.2. The van der Waals surface area contributed by atoms with E-state index in [-0.39, 0.29) is 31.0 Å². The molecule has 15 heteroatoms. The third kappa shape index (κ3) is 6.84. The van der Waals surface area contributed by atoms with Gasteiger partial charge in [-0.25, -0.2) is 32.5 Å². The van der Waals surface area contributed by atoms with E-state index < -0.39 is 35.7 Å². The minimum Gasteiger partial charge on any atom is -0.491 e. The molecule has 7 rings (SSSR count). The summed E-state index contributed by atoms with van der Waals surface area (Å²) in [4.78, 5) is 21.4. The third-order valence-corrected chi connectivity index (χ3v) is 9.23. The number of aromatic nitrogens is 6. The molecule has 1 N–H and O–H groups in total. The van der Waals surface area contributed by atoms with Gasteiger partial charge in [-0.05, 0) is 74.5 Å². The highest BCUT2D eigenvalue weighted by atomic mass is 19.1. The van der Waals surface area contributed by atoms with Gasteiger partial charge in [0.2, 0.25) is 5.79 Å². The number of aliphatic hydroxyl groups is 1. The molecular formula is C35H38F2N8O5. The first kappa shape index (κ1) is 33.4. The number of piperazine rings is 1. The van der Waals surface area contributed by atoms with Crippen LogP contribution in [0.2, 0.25) is 0 Å². The molecule has 3 aromatic carbocycles. The standard InChI is InChI=1S/C35H38F2N8O5/c1-24(25(2)46)45-34(47)44(23-40-45)29-6-4-27(5-7-29)41-13-15-42(16-14-41)28-8-10-30(11-9-28)48-18-31-19-49-35(50-31,20-43-22-38-21-39-43)32-12-3-26(36)17-33(32)37/h3-12,17,21-25,31,46H,13-16,18-20H2,1-2H3/t24?,25?,31-,35-/m1/s1. The van der Waals surface area contributed by atoms with Gasteiger partial charge in [0, 0.05) is 49.2 Å². The average Bonchev–Trinajstić information content (AvgIpc) is 3.88. The molecule has 0 radical (unpaired) electrons. The molecule has 2 aliphatic rings. The Morgan fingerprint density at radius 2 is 1.58 bits per heavy atom. The van der Waals surface area contributed by atoms with Gasteiger partial charge in [0.05, 0.1) is 24.4 Å². The average molecular weight is 689 g/mol. The lowest BCUT2D eigenvalue weighted by Crippen LogP contribution is -2.46. The molecule has 2 aromatic heterocycles. The van der Waals surface area contributed by atoms with Crippen LogP contribution in [0.1, 0.15) is 25.5 Å². The Hall–Kier alpha value is -5.12. The molecule has 262 valence electrons. The Labute approximate surface area is 286 Å². The van der Waals surface area contributed by atoms with E-state index >= 15 is 0 Å². The van der Waals surface area contributed by atoms with Crippen molar-refractivity contribution in [2.24, 2.45) is 0 Å². The van der Waals surface area contributed by atoms with E-state index in [0.717, 1.165) is 43.6 Å². The van der Waals surface area contributed by atoms with Crippen molar-refractivity contribution >= 4 is 11.4 Å². The highest BCUT2D eigenvalue weighted by molar-refractivity contribution is 5.54. The first-order valence-corrected chi connectivity index (χ1v) is 16.5. The molecular weight excluding hydrogens is 650 g/mol. The summed E-state index contributed by atoms with van der Waals surface area (Å²) in [5.41, 5.74) is 2.64. The second-order valence-electron chi connectivity index (χ2n) is 12.5. The number of ether oxygens (including phenoxy) is 3. The maximum absolute atomic E-state index is 14.9. The molecule has 2 unspecified atom stereocenters. The van der Waals surface area contributed by atoms with Crippen LogP contribution in [-0.2, 0) is 21.8 Å². The smallest absolute Gasteiger partial charge is 0.350 e. The van der Waals surface area contributed by atoms with Crippen LogP contribution < -0.4 is 20.2 Å². The molecule has 50 heavy (non-hydrogen) atoms. The number of hydrogen-bond acceptors (Lipinski definition) is 10. The molecule has 0 spiro atoms. The van der Waals surface area contributed by atoms with Crippen LogP contribution in [0, 0.1) is 11.6 Å². The van der Waals surface area contributed by atoms with Crippen molar-refractivity contribution in [3.63, 3.8) is 0 Å². The maximum atomic E-state index is 14.9.